The zero-order chi connectivity index (χ0) is 0. The van der Waals surface area contributed by atoms with Gasteiger partial charge in [-0.25, -0.2) is 0 Å². The molecule has 0 saturated carbocycles. The molecule has 0 N–H and O–H groups in total. The van der Waals surface area contributed by atoms with Gasteiger partial charge < -0.3 is 40.5 Å². The van der Waals surface area contributed by atoms with Gasteiger partial charge in [0, 0.05) is 0 Å². The van der Waals surface area contributed by atoms with E-state index in [0.29, 0.717) is 0 Å². The summed E-state index contributed by atoms with van der Waals surface area (Å²) in [6.45, 7) is 0. The van der Waals surface area contributed by atoms with Crippen molar-refractivity contribution < 1.29 is 73.7 Å². The van der Waals surface area contributed by atoms with Gasteiger partial charge in [-0.2, -0.15) is 0 Å². The second-order valence-electron chi connectivity index (χ2n) is 0. The van der Waals surface area contributed by atoms with Crippen molar-refractivity contribution in [3.8, 4) is 0 Å². The molecule has 0 fully saturated rings. The average molecular weight is 434 g/mol. The Kier molecular flexibility index (Phi) is 201. The van der Waals surface area contributed by atoms with E-state index in [4.69, 9.17) is 0 Å². The molecule has 0 amide bonds. The summed E-state index contributed by atoms with van der Waals surface area (Å²) in [7, 11) is 0. The van der Waals surface area contributed by atoms with E-state index in [2.05, 4.69) is 0 Å². The van der Waals surface area contributed by atoms with Gasteiger partial charge in [-0.05, 0) is 0 Å². The van der Waals surface area contributed by atoms with Crippen LogP contribution in [0.2, 0.25) is 0 Å². The fraction of sp³-hybridized carbons (Fsp3) is 0. The summed E-state index contributed by atoms with van der Waals surface area (Å²) < 4.78 is 0. The van der Waals surface area contributed by atoms with E-state index in [9.17, 15) is 0 Å². The van der Waals surface area contributed by atoms with Gasteiger partial charge >= 0.3 is 73.7 Å². The van der Waals surface area contributed by atoms with Crippen LogP contribution in [0.5, 0.6) is 0 Å². The van der Waals surface area contributed by atoms with Crippen molar-refractivity contribution in [3.05, 3.63) is 0 Å². The fourth-order valence-corrected chi connectivity index (χ4v) is 0. The van der Waals surface area contributed by atoms with E-state index >= 15 is 0 Å². The molecule has 0 atom stereocenters. The van der Waals surface area contributed by atoms with Crippen molar-refractivity contribution in [2.45, 2.75) is 0 Å². The van der Waals surface area contributed by atoms with Gasteiger partial charge in [-0.15, -0.1) is 0 Å². The van der Waals surface area contributed by atoms with Crippen molar-refractivity contribution >= 4 is 40.5 Å². The van der Waals surface area contributed by atoms with Crippen molar-refractivity contribution in [2.24, 2.45) is 0 Å². The van der Waals surface area contributed by atoms with Crippen LogP contribution in [0.1, 0.15) is 0 Å². The molecule has 0 aliphatic rings. The van der Waals surface area contributed by atoms with Crippen LogP contribution in [-0.2, 0) is 40.5 Å². The first kappa shape index (κ1) is 38.9. The van der Waals surface area contributed by atoms with Gasteiger partial charge in [0.15, 0.2) is 0 Å². The maximum Gasteiger partial charge on any atom is 3.00 e. The first-order chi connectivity index (χ1) is 0. The molecule has 0 unspecified atom stereocenters. The Morgan fingerprint density at radius 1 is 0.400 bits per heavy atom. The first-order valence-electron chi connectivity index (χ1n) is 0. The normalized spacial score (nSPS) is 0. The summed E-state index contributed by atoms with van der Waals surface area (Å²) >= 11 is 0. The Morgan fingerprint density at radius 3 is 0.400 bits per heavy atom. The maximum atomic E-state index is 0. The molecular weight excluding hydrogens is 434 g/mol. The van der Waals surface area contributed by atoms with Crippen LogP contribution < -0.4 is 0 Å². The van der Waals surface area contributed by atoms with Gasteiger partial charge in [-0.3, -0.25) is 0 Å². The molecule has 0 aromatic rings. The molecule has 44 valence electrons. The fourth-order valence-electron chi connectivity index (χ4n) is 0. The van der Waals surface area contributed by atoms with Gasteiger partial charge in [0.1, 0.15) is 0 Å². The number of hydrogen-bond donors (Lipinski definition) is 0. The predicted octanol–water partition coefficient (Wildman–Crippen LogP) is -0.00720. The Balaban J connectivity index is 0. The van der Waals surface area contributed by atoms with Gasteiger partial charge in [0.2, 0.25) is 0 Å². The molecule has 0 radical (unpaired) electrons. The molecule has 0 rings (SSSR count). The minimum absolute atomic E-state index is 0. The number of hydrogen-bond acceptors (Lipinski definition) is 0. The van der Waals surface area contributed by atoms with Crippen LogP contribution in [0.25, 0.3) is 0 Å². The van der Waals surface area contributed by atoms with Crippen LogP contribution in [0.15, 0.2) is 0 Å². The molecule has 0 aliphatic heterocycles. The molecule has 0 heterocycles. The van der Waals surface area contributed by atoms with Crippen molar-refractivity contribution in [3.63, 3.8) is 0 Å². The summed E-state index contributed by atoms with van der Waals surface area (Å²) in [6.07, 6.45) is 0. The quantitative estimate of drug-likeness (QED) is 0.504. The van der Waals surface area contributed by atoms with Gasteiger partial charge in [0.25, 0.3) is 0 Å². The smallest absolute Gasteiger partial charge is 2.00 e. The van der Waals surface area contributed by atoms with Crippen molar-refractivity contribution in [1.29, 1.82) is 0 Å². The molecular formula is S3Tm2. The molecule has 5 heavy (non-hydrogen) atoms. The van der Waals surface area contributed by atoms with Crippen LogP contribution in [0.3, 0.4) is 0 Å². The van der Waals surface area contributed by atoms with E-state index in [1.54, 1.807) is 0 Å². The minimum Gasteiger partial charge on any atom is -2.00 e. The number of rotatable bonds is 0. The zero-order valence-electron chi connectivity index (χ0n) is 1.78. The van der Waals surface area contributed by atoms with Crippen LogP contribution in [0.4, 0.5) is 0 Å². The molecule has 0 nitrogen and oxygen atoms in total. The van der Waals surface area contributed by atoms with E-state index in [1.807, 2.05) is 0 Å². The molecule has 0 saturated heterocycles. The van der Waals surface area contributed by atoms with E-state index in [-0.39, 0.29) is 114 Å². The van der Waals surface area contributed by atoms with Crippen LogP contribution in [0, 0.1) is 73.7 Å². The third-order valence-corrected chi connectivity index (χ3v) is 0. The Labute approximate surface area is 112 Å². The molecule has 0 bridgehead atoms. The monoisotopic (exact) mass is 434 g/mol. The maximum absolute atomic E-state index is 0. The van der Waals surface area contributed by atoms with Crippen molar-refractivity contribution in [1.82, 2.24) is 0 Å². The molecule has 5 heteroatoms. The van der Waals surface area contributed by atoms with Crippen LogP contribution in [-0.4, -0.2) is 0 Å². The standard InChI is InChI=1S/3S.2Tm/q3*-2;2*+3. The molecule has 0 aromatic carbocycles. The molecule has 0 aromatic heterocycles. The third kappa shape index (κ3) is 18.5. The molecule has 0 spiro atoms. The predicted molar refractivity (Wildman–Crippen MR) is 22.1 cm³/mol. The average Bonchev–Trinajstić information content (AvgIpc) is 0. The van der Waals surface area contributed by atoms with Crippen LogP contribution >= 0.6 is 0 Å². The topological polar surface area (TPSA) is 0 Å². The minimum atomic E-state index is 0. The third-order valence-electron chi connectivity index (χ3n) is 0. The second-order valence-corrected chi connectivity index (χ2v) is 0. The van der Waals surface area contributed by atoms with Crippen molar-refractivity contribution in [2.75, 3.05) is 0 Å². The van der Waals surface area contributed by atoms with E-state index in [1.165, 1.54) is 0 Å². The zero-order valence-corrected chi connectivity index (χ0v) is 7.79. The van der Waals surface area contributed by atoms with Gasteiger partial charge in [-0.1, -0.05) is 0 Å². The second kappa shape index (κ2) is 25.8. The molecule has 0 aliphatic carbocycles. The Bertz CT molecular complexity index is 4.85. The summed E-state index contributed by atoms with van der Waals surface area (Å²) in [5, 5.41) is 0. The summed E-state index contributed by atoms with van der Waals surface area (Å²) in [5.41, 5.74) is 0. The van der Waals surface area contributed by atoms with E-state index < -0.39 is 0 Å². The van der Waals surface area contributed by atoms with Gasteiger partial charge in [0.05, 0.1) is 0 Å². The summed E-state index contributed by atoms with van der Waals surface area (Å²) in [4.78, 5) is 0. The summed E-state index contributed by atoms with van der Waals surface area (Å²) in [6, 6.07) is 0. The Morgan fingerprint density at radius 2 is 0.400 bits per heavy atom. The SMILES string of the molecule is [S-2].[S-2].[S-2].[Tm+3].[Tm+3]. The first-order valence-corrected chi connectivity index (χ1v) is 0. The Hall–Kier alpha value is 3.52. The largest absolute Gasteiger partial charge is 3.00 e. The van der Waals surface area contributed by atoms with E-state index in [0.717, 1.165) is 0 Å². The summed E-state index contributed by atoms with van der Waals surface area (Å²) in [5.74, 6) is 0.